The summed E-state index contributed by atoms with van der Waals surface area (Å²) in [6.45, 7) is 0.604. The summed E-state index contributed by atoms with van der Waals surface area (Å²) in [5.41, 5.74) is 2.45. The SMILES string of the molecule is c1ccc(COc2csc(-c3cccc4ccccc34)c2)cc1. The van der Waals surface area contributed by atoms with Crippen molar-refractivity contribution in [1.82, 2.24) is 0 Å². The summed E-state index contributed by atoms with van der Waals surface area (Å²) in [5.74, 6) is 0.932. The van der Waals surface area contributed by atoms with Crippen molar-refractivity contribution in [3.05, 3.63) is 89.8 Å². The highest BCUT2D eigenvalue weighted by Gasteiger charge is 2.07. The number of rotatable bonds is 4. The third kappa shape index (κ3) is 2.99. The molecule has 0 saturated carbocycles. The zero-order chi connectivity index (χ0) is 15.5. The Morgan fingerprint density at radius 1 is 0.783 bits per heavy atom. The van der Waals surface area contributed by atoms with Gasteiger partial charge in [0, 0.05) is 10.3 Å². The highest BCUT2D eigenvalue weighted by atomic mass is 32.1. The van der Waals surface area contributed by atoms with E-state index in [1.165, 1.54) is 26.8 Å². The first-order valence-electron chi connectivity index (χ1n) is 7.63. The van der Waals surface area contributed by atoms with Crippen molar-refractivity contribution in [3.8, 4) is 16.2 Å². The molecule has 3 aromatic carbocycles. The molecule has 0 aliphatic rings. The molecule has 4 aromatic rings. The molecular formula is C21H16OS. The second-order valence-corrected chi connectivity index (χ2v) is 6.36. The summed E-state index contributed by atoms with van der Waals surface area (Å²) >= 11 is 1.73. The first kappa shape index (κ1) is 14.0. The van der Waals surface area contributed by atoms with Crippen LogP contribution in [0.15, 0.2) is 84.2 Å². The van der Waals surface area contributed by atoms with Gasteiger partial charge in [-0.05, 0) is 28.0 Å². The first-order valence-corrected chi connectivity index (χ1v) is 8.51. The quantitative estimate of drug-likeness (QED) is 0.439. The van der Waals surface area contributed by atoms with Crippen molar-refractivity contribution >= 4 is 22.1 Å². The van der Waals surface area contributed by atoms with E-state index >= 15 is 0 Å². The molecule has 0 spiro atoms. The van der Waals surface area contributed by atoms with Crippen molar-refractivity contribution in [2.45, 2.75) is 6.61 Å². The van der Waals surface area contributed by atoms with Gasteiger partial charge in [0.2, 0.25) is 0 Å². The lowest BCUT2D eigenvalue weighted by molar-refractivity contribution is 0.307. The molecule has 1 aromatic heterocycles. The van der Waals surface area contributed by atoms with Gasteiger partial charge in [-0.1, -0.05) is 72.8 Å². The topological polar surface area (TPSA) is 9.23 Å². The molecular weight excluding hydrogens is 300 g/mol. The fourth-order valence-corrected chi connectivity index (χ4v) is 3.59. The largest absolute Gasteiger partial charge is 0.488 e. The standard InChI is InChI=1S/C21H16OS/c1-2-7-16(8-3-1)14-22-18-13-21(23-15-18)20-12-6-10-17-9-4-5-11-19(17)20/h1-13,15H,14H2. The minimum Gasteiger partial charge on any atom is -0.488 e. The number of thiophene rings is 1. The Bertz CT molecular complexity index is 919. The average Bonchev–Trinajstić information content (AvgIpc) is 3.09. The van der Waals surface area contributed by atoms with Gasteiger partial charge >= 0.3 is 0 Å². The molecule has 0 aliphatic heterocycles. The van der Waals surface area contributed by atoms with Gasteiger partial charge in [0.15, 0.2) is 0 Å². The molecule has 0 atom stereocenters. The maximum atomic E-state index is 5.92. The van der Waals surface area contributed by atoms with E-state index in [-0.39, 0.29) is 0 Å². The molecule has 23 heavy (non-hydrogen) atoms. The fourth-order valence-electron chi connectivity index (χ4n) is 2.72. The van der Waals surface area contributed by atoms with Crippen molar-refractivity contribution in [2.24, 2.45) is 0 Å². The van der Waals surface area contributed by atoms with Crippen LogP contribution in [0.1, 0.15) is 5.56 Å². The Morgan fingerprint density at radius 2 is 1.57 bits per heavy atom. The molecule has 1 heterocycles. The first-order chi connectivity index (χ1) is 11.4. The van der Waals surface area contributed by atoms with E-state index in [4.69, 9.17) is 4.74 Å². The molecule has 0 radical (unpaired) electrons. The molecule has 2 heteroatoms. The molecule has 0 aliphatic carbocycles. The predicted octanol–water partition coefficient (Wildman–Crippen LogP) is 6.15. The summed E-state index contributed by atoms with van der Waals surface area (Å²) in [7, 11) is 0. The third-order valence-corrected chi connectivity index (χ3v) is 4.82. The van der Waals surface area contributed by atoms with Crippen molar-refractivity contribution in [1.29, 1.82) is 0 Å². The Balaban J connectivity index is 1.60. The molecule has 0 saturated heterocycles. The van der Waals surface area contributed by atoms with Crippen LogP contribution in [0, 0.1) is 0 Å². The summed E-state index contributed by atoms with van der Waals surface area (Å²) < 4.78 is 5.92. The van der Waals surface area contributed by atoms with Crippen LogP contribution in [0.25, 0.3) is 21.2 Å². The highest BCUT2D eigenvalue weighted by Crippen LogP contribution is 2.35. The Hall–Kier alpha value is -2.58. The second-order valence-electron chi connectivity index (χ2n) is 5.45. The minimum atomic E-state index is 0.604. The van der Waals surface area contributed by atoms with Crippen LogP contribution in [0.5, 0.6) is 5.75 Å². The van der Waals surface area contributed by atoms with Crippen molar-refractivity contribution < 1.29 is 4.74 Å². The zero-order valence-electron chi connectivity index (χ0n) is 12.6. The van der Waals surface area contributed by atoms with E-state index < -0.39 is 0 Å². The van der Waals surface area contributed by atoms with Crippen molar-refractivity contribution in [3.63, 3.8) is 0 Å². The number of hydrogen-bond acceptors (Lipinski definition) is 2. The summed E-state index contributed by atoms with van der Waals surface area (Å²) in [6.07, 6.45) is 0. The van der Waals surface area contributed by atoms with Gasteiger partial charge < -0.3 is 4.74 Å². The zero-order valence-corrected chi connectivity index (χ0v) is 13.4. The van der Waals surface area contributed by atoms with Gasteiger partial charge in [-0.3, -0.25) is 0 Å². The summed E-state index contributed by atoms with van der Waals surface area (Å²) in [4.78, 5) is 1.24. The van der Waals surface area contributed by atoms with Gasteiger partial charge in [0.25, 0.3) is 0 Å². The average molecular weight is 316 g/mol. The lowest BCUT2D eigenvalue weighted by Crippen LogP contribution is -1.93. The van der Waals surface area contributed by atoms with E-state index in [0.29, 0.717) is 6.61 Å². The minimum absolute atomic E-state index is 0.604. The van der Waals surface area contributed by atoms with E-state index in [1.54, 1.807) is 11.3 Å². The molecule has 0 unspecified atom stereocenters. The van der Waals surface area contributed by atoms with Crippen LogP contribution >= 0.6 is 11.3 Å². The van der Waals surface area contributed by atoms with Gasteiger partial charge in [0.05, 0.1) is 0 Å². The smallest absolute Gasteiger partial charge is 0.131 e. The van der Waals surface area contributed by atoms with Gasteiger partial charge in [-0.2, -0.15) is 0 Å². The van der Waals surface area contributed by atoms with Crippen LogP contribution in [-0.2, 0) is 6.61 Å². The summed E-state index contributed by atoms with van der Waals surface area (Å²) in [5, 5.41) is 4.64. The molecule has 0 amide bonds. The number of hydrogen-bond donors (Lipinski definition) is 0. The molecule has 4 rings (SSSR count). The lowest BCUT2D eigenvalue weighted by Gasteiger charge is -2.05. The molecule has 112 valence electrons. The third-order valence-electron chi connectivity index (χ3n) is 3.88. The number of fused-ring (bicyclic) bond motifs is 1. The molecule has 0 N–H and O–H groups in total. The van der Waals surface area contributed by atoms with Gasteiger partial charge in [-0.25, -0.2) is 0 Å². The number of benzene rings is 3. The second kappa shape index (κ2) is 6.27. The van der Waals surface area contributed by atoms with Crippen LogP contribution in [0.3, 0.4) is 0 Å². The monoisotopic (exact) mass is 316 g/mol. The Labute approximate surface area is 139 Å². The van der Waals surface area contributed by atoms with E-state index in [0.717, 1.165) is 5.75 Å². The normalized spacial score (nSPS) is 10.8. The highest BCUT2D eigenvalue weighted by molar-refractivity contribution is 7.14. The van der Waals surface area contributed by atoms with Gasteiger partial charge in [0.1, 0.15) is 12.4 Å². The maximum absolute atomic E-state index is 5.92. The van der Waals surface area contributed by atoms with Crippen LogP contribution in [0.2, 0.25) is 0 Å². The molecule has 0 bridgehead atoms. The van der Waals surface area contributed by atoms with Crippen molar-refractivity contribution in [2.75, 3.05) is 0 Å². The molecule has 0 fully saturated rings. The van der Waals surface area contributed by atoms with Crippen LogP contribution < -0.4 is 4.74 Å². The van der Waals surface area contributed by atoms with Crippen LogP contribution in [0.4, 0.5) is 0 Å². The maximum Gasteiger partial charge on any atom is 0.131 e. The van der Waals surface area contributed by atoms with E-state index in [2.05, 4.69) is 66.0 Å². The molecule has 1 nitrogen and oxygen atoms in total. The Kier molecular flexibility index (Phi) is 3.83. The summed E-state index contributed by atoms with van der Waals surface area (Å²) in [6, 6.07) is 27.3. The lowest BCUT2D eigenvalue weighted by atomic mass is 10.0. The predicted molar refractivity (Wildman–Crippen MR) is 98.0 cm³/mol. The fraction of sp³-hybridized carbons (Fsp3) is 0.0476. The van der Waals surface area contributed by atoms with E-state index in [1.807, 2.05) is 18.2 Å². The van der Waals surface area contributed by atoms with Crippen LogP contribution in [-0.4, -0.2) is 0 Å². The number of ether oxygens (including phenoxy) is 1. The Morgan fingerprint density at radius 3 is 2.48 bits per heavy atom. The van der Waals surface area contributed by atoms with Gasteiger partial charge in [-0.15, -0.1) is 11.3 Å². The van der Waals surface area contributed by atoms with E-state index in [9.17, 15) is 0 Å².